The number of nitrogens with one attached hydrogen (secondary N) is 1. The molecule has 0 radical (unpaired) electrons. The summed E-state index contributed by atoms with van der Waals surface area (Å²) < 4.78 is 5.21. The highest BCUT2D eigenvalue weighted by molar-refractivity contribution is 5.76. The molecule has 0 aromatic heterocycles. The van der Waals surface area contributed by atoms with Crippen LogP contribution in [0.15, 0.2) is 0 Å². The van der Waals surface area contributed by atoms with Gasteiger partial charge in [-0.25, -0.2) is 0 Å². The molecule has 0 aliphatic carbocycles. The molecule has 0 bridgehead atoms. The number of carboxylic acid groups (broad SMARTS) is 1. The van der Waals surface area contributed by atoms with E-state index in [9.17, 15) is 9.59 Å². The second-order valence-corrected chi connectivity index (χ2v) is 5.87. The fourth-order valence-electron chi connectivity index (χ4n) is 2.11. The van der Waals surface area contributed by atoms with Gasteiger partial charge in [-0.2, -0.15) is 0 Å². The molecule has 1 atom stereocenters. The fourth-order valence-corrected chi connectivity index (χ4v) is 2.11. The Kier molecular flexibility index (Phi) is 9.21. The topological polar surface area (TPSA) is 75.6 Å². The Labute approximate surface area is 122 Å². The number of methoxy groups -OCH3 is 1. The summed E-state index contributed by atoms with van der Waals surface area (Å²) >= 11 is 0. The molecule has 20 heavy (non-hydrogen) atoms. The summed E-state index contributed by atoms with van der Waals surface area (Å²) in [4.78, 5) is 22.3. The quantitative estimate of drug-likeness (QED) is 0.612. The molecule has 1 unspecified atom stereocenters. The van der Waals surface area contributed by atoms with E-state index in [0.717, 1.165) is 19.3 Å². The third kappa shape index (κ3) is 9.78. The number of carbonyl (C=O) groups is 2. The maximum atomic E-state index is 11.7. The van der Waals surface area contributed by atoms with Crippen molar-refractivity contribution in [2.24, 2.45) is 5.92 Å². The summed E-state index contributed by atoms with van der Waals surface area (Å²) in [6.07, 6.45) is 4.09. The zero-order valence-corrected chi connectivity index (χ0v) is 13.2. The number of hydrogen-bond acceptors (Lipinski definition) is 3. The van der Waals surface area contributed by atoms with Crippen LogP contribution in [-0.2, 0) is 14.3 Å². The largest absolute Gasteiger partial charge is 0.481 e. The number of rotatable bonds is 11. The van der Waals surface area contributed by atoms with E-state index in [1.807, 2.05) is 13.8 Å². The van der Waals surface area contributed by atoms with Gasteiger partial charge >= 0.3 is 5.97 Å². The number of amides is 1. The lowest BCUT2D eigenvalue weighted by molar-refractivity contribution is -0.137. The zero-order valence-electron chi connectivity index (χ0n) is 13.2. The number of carboxylic acids is 1. The number of aliphatic carboxylic acids is 1. The van der Waals surface area contributed by atoms with Crippen molar-refractivity contribution >= 4 is 11.9 Å². The van der Waals surface area contributed by atoms with Gasteiger partial charge in [-0.05, 0) is 32.6 Å². The molecule has 0 heterocycles. The van der Waals surface area contributed by atoms with Gasteiger partial charge in [0.05, 0.1) is 12.0 Å². The Morgan fingerprint density at radius 2 is 1.90 bits per heavy atom. The molecular formula is C15H29NO4. The van der Waals surface area contributed by atoms with Gasteiger partial charge in [-0.15, -0.1) is 0 Å². The van der Waals surface area contributed by atoms with Gasteiger partial charge in [-0.1, -0.05) is 19.8 Å². The molecule has 5 heteroatoms. The summed E-state index contributed by atoms with van der Waals surface area (Å²) in [6, 6.07) is 0. The molecule has 0 aromatic carbocycles. The van der Waals surface area contributed by atoms with Crippen molar-refractivity contribution in [2.45, 2.75) is 64.9 Å². The lowest BCUT2D eigenvalue weighted by Crippen LogP contribution is -2.34. The Balaban J connectivity index is 3.98. The normalized spacial score (nSPS) is 13.0. The Morgan fingerprint density at radius 3 is 2.40 bits per heavy atom. The maximum Gasteiger partial charge on any atom is 0.303 e. The van der Waals surface area contributed by atoms with Gasteiger partial charge in [0.2, 0.25) is 5.91 Å². The van der Waals surface area contributed by atoms with Crippen LogP contribution in [0.2, 0.25) is 0 Å². The molecule has 0 aromatic rings. The first-order valence-electron chi connectivity index (χ1n) is 7.34. The molecule has 1 amide bonds. The van der Waals surface area contributed by atoms with Crippen molar-refractivity contribution in [1.82, 2.24) is 5.32 Å². The van der Waals surface area contributed by atoms with E-state index in [4.69, 9.17) is 9.84 Å². The smallest absolute Gasteiger partial charge is 0.303 e. The van der Waals surface area contributed by atoms with Crippen molar-refractivity contribution in [3.63, 3.8) is 0 Å². The first kappa shape index (κ1) is 18.9. The Morgan fingerprint density at radius 1 is 1.25 bits per heavy atom. The molecule has 0 aliphatic heterocycles. The molecule has 0 aliphatic rings. The summed E-state index contributed by atoms with van der Waals surface area (Å²) in [7, 11) is 1.59. The minimum atomic E-state index is -0.753. The van der Waals surface area contributed by atoms with E-state index in [2.05, 4.69) is 12.2 Å². The van der Waals surface area contributed by atoms with Crippen LogP contribution in [0, 0.1) is 5.92 Å². The molecule has 0 fully saturated rings. The van der Waals surface area contributed by atoms with Crippen LogP contribution in [-0.4, -0.2) is 36.2 Å². The van der Waals surface area contributed by atoms with Gasteiger partial charge in [0.15, 0.2) is 0 Å². The third-order valence-electron chi connectivity index (χ3n) is 3.48. The summed E-state index contributed by atoms with van der Waals surface area (Å²) in [5.41, 5.74) is -0.448. The first-order chi connectivity index (χ1) is 9.30. The van der Waals surface area contributed by atoms with Crippen molar-refractivity contribution in [3.8, 4) is 0 Å². The van der Waals surface area contributed by atoms with Crippen LogP contribution in [0.3, 0.4) is 0 Å². The van der Waals surface area contributed by atoms with Gasteiger partial charge in [-0.3, -0.25) is 9.59 Å². The van der Waals surface area contributed by atoms with Gasteiger partial charge < -0.3 is 15.2 Å². The van der Waals surface area contributed by atoms with E-state index < -0.39 is 11.6 Å². The van der Waals surface area contributed by atoms with Gasteiger partial charge in [0.1, 0.15) is 0 Å². The maximum absolute atomic E-state index is 11.7. The predicted molar refractivity (Wildman–Crippen MR) is 78.6 cm³/mol. The van der Waals surface area contributed by atoms with Crippen LogP contribution < -0.4 is 5.32 Å². The average Bonchev–Trinajstić information content (AvgIpc) is 2.35. The average molecular weight is 287 g/mol. The summed E-state index contributed by atoms with van der Waals surface area (Å²) in [5, 5.41) is 11.6. The first-order valence-corrected chi connectivity index (χ1v) is 7.34. The van der Waals surface area contributed by atoms with Crippen LogP contribution in [0.4, 0.5) is 0 Å². The molecule has 0 rings (SSSR count). The van der Waals surface area contributed by atoms with Crippen LogP contribution in [0.5, 0.6) is 0 Å². The van der Waals surface area contributed by atoms with Crippen LogP contribution >= 0.6 is 0 Å². The van der Waals surface area contributed by atoms with E-state index in [0.29, 0.717) is 25.3 Å². The third-order valence-corrected chi connectivity index (χ3v) is 3.48. The SMILES string of the molecule is CCCC(CCNC(=O)CC(C)(C)OC)CCC(=O)O. The molecule has 118 valence electrons. The molecule has 0 saturated carbocycles. The van der Waals surface area contributed by atoms with Gasteiger partial charge in [0.25, 0.3) is 0 Å². The van der Waals surface area contributed by atoms with Gasteiger partial charge in [0, 0.05) is 20.1 Å². The Bertz CT molecular complexity index is 302. The Hall–Kier alpha value is -1.10. The minimum absolute atomic E-state index is 0.0228. The van der Waals surface area contributed by atoms with E-state index in [1.54, 1.807) is 7.11 Å². The fraction of sp³-hybridized carbons (Fsp3) is 0.867. The molecule has 5 nitrogen and oxygen atoms in total. The standard InChI is InChI=1S/C15H29NO4/c1-5-6-12(7-8-14(18)19)9-10-16-13(17)11-15(2,3)20-4/h12H,5-11H2,1-4H3,(H,16,17)(H,18,19). The lowest BCUT2D eigenvalue weighted by atomic mass is 9.94. The molecule has 2 N–H and O–H groups in total. The summed E-state index contributed by atoms with van der Waals surface area (Å²) in [5.74, 6) is -0.408. The highest BCUT2D eigenvalue weighted by Gasteiger charge is 2.20. The monoisotopic (exact) mass is 287 g/mol. The van der Waals surface area contributed by atoms with Crippen molar-refractivity contribution in [1.29, 1.82) is 0 Å². The highest BCUT2D eigenvalue weighted by atomic mass is 16.5. The van der Waals surface area contributed by atoms with Crippen molar-refractivity contribution < 1.29 is 19.4 Å². The lowest BCUT2D eigenvalue weighted by Gasteiger charge is -2.22. The van der Waals surface area contributed by atoms with Crippen molar-refractivity contribution in [2.75, 3.05) is 13.7 Å². The van der Waals surface area contributed by atoms with E-state index >= 15 is 0 Å². The summed E-state index contributed by atoms with van der Waals surface area (Å²) in [6.45, 7) is 6.44. The molecule has 0 saturated heterocycles. The number of carbonyl (C=O) groups excluding carboxylic acids is 1. The number of ether oxygens (including phenoxy) is 1. The minimum Gasteiger partial charge on any atom is -0.481 e. The van der Waals surface area contributed by atoms with Crippen LogP contribution in [0.1, 0.15) is 59.3 Å². The van der Waals surface area contributed by atoms with Crippen LogP contribution in [0.25, 0.3) is 0 Å². The molecule has 0 spiro atoms. The predicted octanol–water partition coefficient (Wildman–Crippen LogP) is 2.59. The highest BCUT2D eigenvalue weighted by Crippen LogP contribution is 2.17. The second-order valence-electron chi connectivity index (χ2n) is 5.87. The molecular weight excluding hydrogens is 258 g/mol. The zero-order chi connectivity index (χ0) is 15.6. The second kappa shape index (κ2) is 9.75. The van der Waals surface area contributed by atoms with E-state index in [1.165, 1.54) is 0 Å². The van der Waals surface area contributed by atoms with E-state index in [-0.39, 0.29) is 12.3 Å². The van der Waals surface area contributed by atoms with Crippen molar-refractivity contribution in [3.05, 3.63) is 0 Å². The number of hydrogen-bond donors (Lipinski definition) is 2.